The fourth-order valence-corrected chi connectivity index (χ4v) is 3.94. The molecule has 1 aromatic carbocycles. The molecule has 0 atom stereocenters. The second kappa shape index (κ2) is 8.81. The van der Waals surface area contributed by atoms with Crippen LogP contribution in [0.2, 0.25) is 0 Å². The molecule has 1 aromatic heterocycles. The second-order valence-corrected chi connectivity index (χ2v) is 7.91. The van der Waals surface area contributed by atoms with Crippen LogP contribution in [0.4, 0.5) is 0 Å². The monoisotopic (exact) mass is 369 g/mol. The number of carbonyl (C=O) groups is 1. The number of benzene rings is 1. The molecule has 1 N–H and O–H groups in total. The van der Waals surface area contributed by atoms with Crippen molar-refractivity contribution in [2.45, 2.75) is 17.6 Å². The van der Waals surface area contributed by atoms with Crippen molar-refractivity contribution in [2.24, 2.45) is 0 Å². The molecule has 0 aliphatic rings. The minimum Gasteiger partial charge on any atom is -0.490 e. The fraction of sp³-hybridized carbons (Fsp3) is 0.312. The van der Waals surface area contributed by atoms with E-state index in [2.05, 4.69) is 4.72 Å². The van der Waals surface area contributed by atoms with Crippen LogP contribution in [0.25, 0.3) is 0 Å². The standard InChI is InChI=1S/C16H19NO5S2/c1-13-4-2-5-14(12-13)21-9-10-22-15(18)7-8-17-24(19,20)16-6-3-11-23-16/h2-6,11-12,17H,7-10H2,1H3. The van der Waals surface area contributed by atoms with Gasteiger partial charge >= 0.3 is 5.97 Å². The molecule has 0 bridgehead atoms. The molecule has 2 aromatic rings. The molecule has 0 spiro atoms. The van der Waals surface area contributed by atoms with Gasteiger partial charge in [-0.1, -0.05) is 18.2 Å². The van der Waals surface area contributed by atoms with Crippen LogP contribution >= 0.6 is 11.3 Å². The maximum Gasteiger partial charge on any atom is 0.307 e. The zero-order valence-electron chi connectivity index (χ0n) is 13.2. The number of rotatable bonds is 9. The first-order valence-corrected chi connectivity index (χ1v) is 9.72. The molecule has 130 valence electrons. The molecule has 8 heteroatoms. The molecule has 0 fully saturated rings. The summed E-state index contributed by atoms with van der Waals surface area (Å²) < 4.78 is 36.7. The van der Waals surface area contributed by atoms with Gasteiger partial charge in [0.05, 0.1) is 6.42 Å². The molecule has 24 heavy (non-hydrogen) atoms. The number of ether oxygens (including phenoxy) is 2. The van der Waals surface area contributed by atoms with Crippen molar-refractivity contribution < 1.29 is 22.7 Å². The highest BCUT2D eigenvalue weighted by molar-refractivity contribution is 7.91. The van der Waals surface area contributed by atoms with Crippen molar-refractivity contribution in [3.8, 4) is 5.75 Å². The predicted molar refractivity (Wildman–Crippen MR) is 91.8 cm³/mol. The minimum atomic E-state index is -3.54. The summed E-state index contributed by atoms with van der Waals surface area (Å²) in [6.07, 6.45) is -0.0327. The van der Waals surface area contributed by atoms with Gasteiger partial charge in [-0.25, -0.2) is 13.1 Å². The molecular weight excluding hydrogens is 350 g/mol. The van der Waals surface area contributed by atoms with E-state index in [1.54, 1.807) is 11.4 Å². The topological polar surface area (TPSA) is 81.7 Å². The highest BCUT2D eigenvalue weighted by Crippen LogP contribution is 2.15. The lowest BCUT2D eigenvalue weighted by Crippen LogP contribution is -2.26. The van der Waals surface area contributed by atoms with Crippen LogP contribution in [0.1, 0.15) is 12.0 Å². The SMILES string of the molecule is Cc1cccc(OCCOC(=O)CCNS(=O)(=O)c2cccs2)c1. The molecule has 0 aliphatic heterocycles. The van der Waals surface area contributed by atoms with E-state index in [4.69, 9.17) is 9.47 Å². The maximum atomic E-state index is 11.8. The molecule has 0 amide bonds. The van der Waals surface area contributed by atoms with Crippen LogP contribution in [0.3, 0.4) is 0 Å². The molecule has 6 nitrogen and oxygen atoms in total. The normalized spacial score (nSPS) is 11.2. The van der Waals surface area contributed by atoms with E-state index in [9.17, 15) is 13.2 Å². The number of aryl methyl sites for hydroxylation is 1. The van der Waals surface area contributed by atoms with Crippen molar-refractivity contribution in [3.63, 3.8) is 0 Å². The van der Waals surface area contributed by atoms with Crippen LogP contribution in [-0.2, 0) is 19.6 Å². The van der Waals surface area contributed by atoms with Crippen molar-refractivity contribution in [1.82, 2.24) is 4.72 Å². The minimum absolute atomic E-state index is 0.00218. The number of sulfonamides is 1. The number of hydrogen-bond acceptors (Lipinski definition) is 6. The lowest BCUT2D eigenvalue weighted by molar-refractivity contribution is -0.144. The van der Waals surface area contributed by atoms with Crippen molar-refractivity contribution in [2.75, 3.05) is 19.8 Å². The van der Waals surface area contributed by atoms with Crippen LogP contribution < -0.4 is 9.46 Å². The molecule has 0 saturated carbocycles. The Bertz CT molecular complexity index is 757. The predicted octanol–water partition coefficient (Wildman–Crippen LogP) is 2.35. The summed E-state index contributed by atoms with van der Waals surface area (Å²) in [5.41, 5.74) is 1.09. The van der Waals surface area contributed by atoms with E-state index in [-0.39, 0.29) is 30.4 Å². The van der Waals surface area contributed by atoms with Crippen LogP contribution in [-0.4, -0.2) is 34.1 Å². The van der Waals surface area contributed by atoms with E-state index in [1.165, 1.54) is 6.07 Å². The van der Waals surface area contributed by atoms with Crippen LogP contribution in [0.5, 0.6) is 5.75 Å². The number of esters is 1. The van der Waals surface area contributed by atoms with Gasteiger partial charge in [-0.05, 0) is 36.1 Å². The van der Waals surface area contributed by atoms with Gasteiger partial charge in [0.15, 0.2) is 0 Å². The highest BCUT2D eigenvalue weighted by Gasteiger charge is 2.15. The summed E-state index contributed by atoms with van der Waals surface area (Å²) >= 11 is 1.12. The Hall–Kier alpha value is -1.90. The molecule has 0 radical (unpaired) electrons. The van der Waals surface area contributed by atoms with Gasteiger partial charge in [-0.3, -0.25) is 4.79 Å². The maximum absolute atomic E-state index is 11.8. The van der Waals surface area contributed by atoms with Crippen molar-refractivity contribution >= 4 is 27.3 Å². The van der Waals surface area contributed by atoms with E-state index < -0.39 is 16.0 Å². The van der Waals surface area contributed by atoms with E-state index in [0.29, 0.717) is 0 Å². The quantitative estimate of drug-likeness (QED) is 0.542. The van der Waals surface area contributed by atoms with E-state index in [0.717, 1.165) is 22.6 Å². The Balaban J connectivity index is 1.62. The Labute approximate surface area is 145 Å². The Kier molecular flexibility index (Phi) is 6.77. The average molecular weight is 369 g/mol. The Morgan fingerprint density at radius 1 is 1.21 bits per heavy atom. The number of hydrogen-bond donors (Lipinski definition) is 1. The summed E-state index contributed by atoms with van der Waals surface area (Å²) in [7, 11) is -3.54. The smallest absolute Gasteiger partial charge is 0.307 e. The molecule has 0 unspecified atom stereocenters. The van der Waals surface area contributed by atoms with Gasteiger partial charge in [0.1, 0.15) is 23.2 Å². The molecule has 0 aliphatic carbocycles. The zero-order chi connectivity index (χ0) is 17.4. The third kappa shape index (κ3) is 5.95. The number of carbonyl (C=O) groups excluding carboxylic acids is 1. The second-order valence-electron chi connectivity index (χ2n) is 4.97. The first kappa shape index (κ1) is 18.4. The van der Waals surface area contributed by atoms with Crippen molar-refractivity contribution in [1.29, 1.82) is 0 Å². The van der Waals surface area contributed by atoms with E-state index >= 15 is 0 Å². The molecule has 0 saturated heterocycles. The molecule has 2 rings (SSSR count). The van der Waals surface area contributed by atoms with Crippen LogP contribution in [0, 0.1) is 6.92 Å². The molecular formula is C16H19NO5S2. The summed E-state index contributed by atoms with van der Waals surface area (Å²) in [5, 5.41) is 1.68. The van der Waals surface area contributed by atoms with Gasteiger partial charge in [0, 0.05) is 6.54 Å². The van der Waals surface area contributed by atoms with E-state index in [1.807, 2.05) is 31.2 Å². The zero-order valence-corrected chi connectivity index (χ0v) is 14.9. The van der Waals surface area contributed by atoms with Gasteiger partial charge < -0.3 is 9.47 Å². The summed E-state index contributed by atoms with van der Waals surface area (Å²) in [4.78, 5) is 11.6. The summed E-state index contributed by atoms with van der Waals surface area (Å²) in [6, 6.07) is 10.7. The van der Waals surface area contributed by atoms with Crippen LogP contribution in [0.15, 0.2) is 46.0 Å². The summed E-state index contributed by atoms with van der Waals surface area (Å²) in [5.74, 6) is 0.242. The van der Waals surface area contributed by atoms with Gasteiger partial charge in [-0.15, -0.1) is 11.3 Å². The first-order valence-electron chi connectivity index (χ1n) is 7.35. The highest BCUT2D eigenvalue weighted by atomic mass is 32.2. The average Bonchev–Trinajstić information content (AvgIpc) is 3.07. The number of nitrogens with one attached hydrogen (secondary N) is 1. The van der Waals surface area contributed by atoms with Gasteiger partial charge in [-0.2, -0.15) is 0 Å². The summed E-state index contributed by atoms with van der Waals surface area (Å²) in [6.45, 7) is 2.32. The van der Waals surface area contributed by atoms with Crippen molar-refractivity contribution in [3.05, 3.63) is 47.3 Å². The molecule has 1 heterocycles. The lowest BCUT2D eigenvalue weighted by atomic mass is 10.2. The fourth-order valence-electron chi connectivity index (χ4n) is 1.87. The lowest BCUT2D eigenvalue weighted by Gasteiger charge is -2.08. The third-order valence-corrected chi connectivity index (χ3v) is 5.84. The van der Waals surface area contributed by atoms with Gasteiger partial charge in [0.25, 0.3) is 0 Å². The largest absolute Gasteiger partial charge is 0.490 e. The van der Waals surface area contributed by atoms with Gasteiger partial charge in [0.2, 0.25) is 10.0 Å². The first-order chi connectivity index (χ1) is 11.5. The Morgan fingerprint density at radius 2 is 2.04 bits per heavy atom. The Morgan fingerprint density at radius 3 is 2.75 bits per heavy atom. The third-order valence-electron chi connectivity index (χ3n) is 2.99. The number of thiophene rings is 1.